The molecule has 0 N–H and O–H groups in total. The predicted molar refractivity (Wildman–Crippen MR) is 211 cm³/mol. The van der Waals surface area contributed by atoms with Gasteiger partial charge in [0.25, 0.3) is 0 Å². The van der Waals surface area contributed by atoms with E-state index in [4.69, 9.17) is 0 Å². The summed E-state index contributed by atoms with van der Waals surface area (Å²) in [6.45, 7) is 16.1. The van der Waals surface area contributed by atoms with Crippen molar-refractivity contribution in [3.63, 3.8) is 0 Å². The first-order chi connectivity index (χ1) is 23.2. The van der Waals surface area contributed by atoms with Crippen molar-refractivity contribution in [2.24, 2.45) is 0 Å². The van der Waals surface area contributed by atoms with Crippen molar-refractivity contribution in [3.8, 4) is 16.8 Å². The quantitative estimate of drug-likeness (QED) is 0.100. The lowest BCUT2D eigenvalue weighted by Gasteiger charge is -2.33. The first kappa shape index (κ1) is 34.5. The van der Waals surface area contributed by atoms with Gasteiger partial charge in [0, 0.05) is 21.9 Å². The summed E-state index contributed by atoms with van der Waals surface area (Å²) in [5.41, 5.74) is 14.4. The maximum atomic E-state index is 2.65. The van der Waals surface area contributed by atoms with Crippen LogP contribution in [0.5, 0.6) is 0 Å². The Labute approximate surface area is 292 Å². The van der Waals surface area contributed by atoms with Gasteiger partial charge in [-0.2, -0.15) is 0 Å². The maximum Gasteiger partial charge on any atom is 0.0544 e. The van der Waals surface area contributed by atoms with Gasteiger partial charge in [-0.25, -0.2) is 0 Å². The Bertz CT molecular complexity index is 1830. The van der Waals surface area contributed by atoms with Crippen molar-refractivity contribution in [1.29, 1.82) is 0 Å². The molecule has 0 saturated heterocycles. The summed E-state index contributed by atoms with van der Waals surface area (Å²) >= 11 is 0. The normalized spacial score (nSPS) is 13.8. The highest BCUT2D eigenvalue weighted by Crippen LogP contribution is 2.56. The molecule has 0 radical (unpaired) electrons. The van der Waals surface area contributed by atoms with Gasteiger partial charge in [0.05, 0.1) is 11.0 Å². The molecule has 1 heterocycles. The maximum absolute atomic E-state index is 2.65. The van der Waals surface area contributed by atoms with Crippen molar-refractivity contribution in [1.82, 2.24) is 4.57 Å². The molecule has 1 heteroatoms. The third-order valence-electron chi connectivity index (χ3n) is 11.5. The molecule has 0 atom stereocenters. The van der Waals surface area contributed by atoms with E-state index in [0.717, 1.165) is 0 Å². The Balaban J connectivity index is 1.52. The minimum Gasteiger partial charge on any atom is -0.309 e. The van der Waals surface area contributed by atoms with Gasteiger partial charge in [-0.3, -0.25) is 0 Å². The van der Waals surface area contributed by atoms with Gasteiger partial charge in [-0.1, -0.05) is 159 Å². The van der Waals surface area contributed by atoms with Crippen molar-refractivity contribution in [2.45, 2.75) is 149 Å². The highest BCUT2D eigenvalue weighted by atomic mass is 15.0. The molecule has 1 nitrogen and oxygen atoms in total. The highest BCUT2D eigenvalue weighted by molar-refractivity contribution is 6.12. The fourth-order valence-corrected chi connectivity index (χ4v) is 8.70. The number of rotatable bonds is 15. The van der Waals surface area contributed by atoms with E-state index in [9.17, 15) is 0 Å². The van der Waals surface area contributed by atoms with Crippen molar-refractivity contribution < 1.29 is 0 Å². The predicted octanol–water partition coefficient (Wildman–Crippen LogP) is 14.5. The smallest absolute Gasteiger partial charge is 0.0544 e. The standard InChI is InChI=1S/C47H61N/c1-8-10-12-14-16-18-28-47(29-19-17-15-13-11-9-2)42-31-35(4)20-26-38(42)39-32-41-40-30-34(3)21-27-44(40)48(45(41)33-43(39)47)37-24-22-36(23-25-37)46(5,6)7/h20-27,30-33H,8-19,28-29H2,1-7H3. The van der Waals surface area contributed by atoms with E-state index < -0.39 is 0 Å². The zero-order valence-electron chi connectivity index (χ0n) is 31.3. The van der Waals surface area contributed by atoms with Gasteiger partial charge in [-0.15, -0.1) is 0 Å². The zero-order valence-corrected chi connectivity index (χ0v) is 31.3. The first-order valence-electron chi connectivity index (χ1n) is 19.5. The average molecular weight is 640 g/mol. The average Bonchev–Trinajstić information content (AvgIpc) is 3.51. The molecule has 254 valence electrons. The number of fused-ring (bicyclic) bond motifs is 6. The van der Waals surface area contributed by atoms with Crippen molar-refractivity contribution >= 4 is 21.8 Å². The van der Waals surface area contributed by atoms with Gasteiger partial charge in [0.2, 0.25) is 0 Å². The van der Waals surface area contributed by atoms with Gasteiger partial charge in [0.1, 0.15) is 0 Å². The molecule has 5 aromatic rings. The first-order valence-corrected chi connectivity index (χ1v) is 19.5. The zero-order chi connectivity index (χ0) is 33.9. The molecule has 0 aliphatic heterocycles. The fourth-order valence-electron chi connectivity index (χ4n) is 8.70. The topological polar surface area (TPSA) is 4.93 Å². The molecule has 4 aromatic carbocycles. The molecule has 0 bridgehead atoms. The molecule has 1 aliphatic carbocycles. The molecule has 0 saturated carbocycles. The van der Waals surface area contributed by atoms with Crippen LogP contribution in [0, 0.1) is 13.8 Å². The molecule has 6 rings (SSSR count). The van der Waals surface area contributed by atoms with Crippen LogP contribution >= 0.6 is 0 Å². The van der Waals surface area contributed by atoms with Crippen LogP contribution < -0.4 is 0 Å². The Hall–Kier alpha value is -3.32. The largest absolute Gasteiger partial charge is 0.309 e. The Morgan fingerprint density at radius 2 is 1.06 bits per heavy atom. The summed E-state index contributed by atoms with van der Waals surface area (Å²) in [6.07, 6.45) is 18.6. The number of aromatic nitrogens is 1. The highest BCUT2D eigenvalue weighted by Gasteiger charge is 2.43. The second-order valence-electron chi connectivity index (χ2n) is 16.2. The summed E-state index contributed by atoms with van der Waals surface area (Å²) in [5, 5.41) is 2.75. The molecule has 0 unspecified atom stereocenters. The third-order valence-corrected chi connectivity index (χ3v) is 11.5. The van der Waals surface area contributed by atoms with Crippen molar-refractivity contribution in [2.75, 3.05) is 0 Å². The second-order valence-corrected chi connectivity index (χ2v) is 16.2. The number of unbranched alkanes of at least 4 members (excludes halogenated alkanes) is 10. The lowest BCUT2D eigenvalue weighted by atomic mass is 9.70. The summed E-state index contributed by atoms with van der Waals surface area (Å²) in [6, 6.07) is 29.0. The minimum absolute atomic E-state index is 0.0771. The monoisotopic (exact) mass is 639 g/mol. The summed E-state index contributed by atoms with van der Waals surface area (Å²) in [7, 11) is 0. The van der Waals surface area contributed by atoms with Crippen LogP contribution in [0.15, 0.2) is 72.8 Å². The number of aryl methyl sites for hydroxylation is 2. The molecule has 0 fully saturated rings. The van der Waals surface area contributed by atoms with Crippen LogP contribution in [-0.2, 0) is 10.8 Å². The lowest BCUT2D eigenvalue weighted by molar-refractivity contribution is 0.398. The summed E-state index contributed by atoms with van der Waals surface area (Å²) in [5.74, 6) is 0. The molecular weight excluding hydrogens is 579 g/mol. The summed E-state index contributed by atoms with van der Waals surface area (Å²) in [4.78, 5) is 0. The van der Waals surface area contributed by atoms with Gasteiger partial charge < -0.3 is 4.57 Å². The third kappa shape index (κ3) is 6.77. The van der Waals surface area contributed by atoms with Crippen LogP contribution in [0.4, 0.5) is 0 Å². The van der Waals surface area contributed by atoms with Crippen LogP contribution in [0.3, 0.4) is 0 Å². The second kappa shape index (κ2) is 14.7. The molecule has 48 heavy (non-hydrogen) atoms. The Morgan fingerprint density at radius 1 is 0.521 bits per heavy atom. The fraction of sp³-hybridized carbons (Fsp3) is 0.489. The molecular formula is C47H61N. The lowest BCUT2D eigenvalue weighted by Crippen LogP contribution is -2.25. The van der Waals surface area contributed by atoms with Crippen LogP contribution in [-0.4, -0.2) is 4.57 Å². The van der Waals surface area contributed by atoms with Crippen LogP contribution in [0.1, 0.15) is 152 Å². The van der Waals surface area contributed by atoms with E-state index >= 15 is 0 Å². The molecule has 0 spiro atoms. The Kier molecular flexibility index (Phi) is 10.5. The van der Waals surface area contributed by atoms with E-state index in [1.165, 1.54) is 145 Å². The molecule has 0 amide bonds. The molecule has 1 aromatic heterocycles. The van der Waals surface area contributed by atoms with Gasteiger partial charge >= 0.3 is 0 Å². The van der Waals surface area contributed by atoms with E-state index in [0.29, 0.717) is 0 Å². The minimum atomic E-state index is 0.0771. The number of benzene rings is 4. The van der Waals surface area contributed by atoms with E-state index in [-0.39, 0.29) is 10.8 Å². The van der Waals surface area contributed by atoms with Gasteiger partial charge in [-0.05, 0) is 96.3 Å². The SMILES string of the molecule is CCCCCCCCC1(CCCCCCCC)c2cc(C)ccc2-c2cc3c4cc(C)ccc4n(-c4ccc(C(C)(C)C)cc4)c3cc21. The number of nitrogens with zero attached hydrogens (tertiary/aromatic N) is 1. The Morgan fingerprint density at radius 3 is 1.69 bits per heavy atom. The van der Waals surface area contributed by atoms with Crippen LogP contribution in [0.25, 0.3) is 38.6 Å². The van der Waals surface area contributed by atoms with E-state index in [1.54, 1.807) is 11.1 Å². The molecule has 1 aliphatic rings. The van der Waals surface area contributed by atoms with Gasteiger partial charge in [0.15, 0.2) is 0 Å². The summed E-state index contributed by atoms with van der Waals surface area (Å²) < 4.78 is 2.56. The number of hydrogen-bond donors (Lipinski definition) is 0. The van der Waals surface area contributed by atoms with Crippen molar-refractivity contribution in [3.05, 3.63) is 101 Å². The van der Waals surface area contributed by atoms with E-state index in [2.05, 4.69) is 126 Å². The van der Waals surface area contributed by atoms with E-state index in [1.807, 2.05) is 0 Å². The number of hydrogen-bond acceptors (Lipinski definition) is 0. The van der Waals surface area contributed by atoms with Crippen LogP contribution in [0.2, 0.25) is 0 Å².